The summed E-state index contributed by atoms with van der Waals surface area (Å²) < 4.78 is 20.4. The fourth-order valence-electron chi connectivity index (χ4n) is 5.77. The van der Waals surface area contributed by atoms with Crippen LogP contribution >= 0.6 is 35.4 Å². The van der Waals surface area contributed by atoms with Crippen LogP contribution in [0.4, 0.5) is 9.18 Å². The number of ether oxygens (including phenoxy) is 1. The van der Waals surface area contributed by atoms with Gasteiger partial charge in [0, 0.05) is 28.9 Å². The van der Waals surface area contributed by atoms with Crippen molar-refractivity contribution >= 4 is 69.2 Å². The topological polar surface area (TPSA) is 138 Å². The highest BCUT2D eigenvalue weighted by Crippen LogP contribution is 2.38. The van der Waals surface area contributed by atoms with Crippen LogP contribution in [0.3, 0.4) is 0 Å². The summed E-state index contributed by atoms with van der Waals surface area (Å²) in [7, 11) is 0. The van der Waals surface area contributed by atoms with Crippen molar-refractivity contribution < 1.29 is 23.5 Å². The first-order chi connectivity index (χ1) is 21.8. The molecule has 0 bridgehead atoms. The molecule has 1 aliphatic rings. The van der Waals surface area contributed by atoms with Crippen molar-refractivity contribution in [1.82, 2.24) is 20.9 Å². The van der Waals surface area contributed by atoms with E-state index in [0.717, 1.165) is 16.6 Å². The number of H-pyrrole nitrogens is 1. The van der Waals surface area contributed by atoms with E-state index < -0.39 is 41.5 Å². The number of nitrogens with two attached hydrogens (primary N) is 1. The molecule has 2 aromatic carbocycles. The van der Waals surface area contributed by atoms with E-state index in [2.05, 4.69) is 20.9 Å². The van der Waals surface area contributed by atoms with Crippen molar-refractivity contribution in [3.05, 3.63) is 69.1 Å². The minimum atomic E-state index is -1.52. The maximum absolute atomic E-state index is 14.3. The molecular formula is C33H40Cl2FN5O4S. The Morgan fingerprint density at radius 1 is 1.09 bits per heavy atom. The lowest BCUT2D eigenvalue weighted by atomic mass is 9.87. The summed E-state index contributed by atoms with van der Waals surface area (Å²) in [6.45, 7) is 7.59. The number of carbonyl (C=O) groups excluding carboxylic acids is 3. The van der Waals surface area contributed by atoms with Gasteiger partial charge < -0.3 is 31.4 Å². The SMILES string of the molecule is CCC(C)C(NC(=O)Cc1ccccc1F)C(=O)NC1(OC(=O)NC(C(N)=S)C(C)CC)CCc2[nH]c3c(Cl)cc(Cl)cc3c2C1. The van der Waals surface area contributed by atoms with E-state index >= 15 is 0 Å². The molecule has 3 amide bonds. The highest BCUT2D eigenvalue weighted by Gasteiger charge is 2.44. The van der Waals surface area contributed by atoms with Crippen LogP contribution in [0.2, 0.25) is 10.0 Å². The van der Waals surface area contributed by atoms with Gasteiger partial charge in [0.05, 0.1) is 28.0 Å². The number of alkyl carbamates (subject to hydrolysis) is 1. The molecule has 13 heteroatoms. The van der Waals surface area contributed by atoms with E-state index in [9.17, 15) is 18.8 Å². The number of amides is 3. The second-order valence-corrected chi connectivity index (χ2v) is 13.4. The highest BCUT2D eigenvalue weighted by molar-refractivity contribution is 7.80. The minimum Gasteiger partial charge on any atom is -0.423 e. The molecule has 1 aliphatic carbocycles. The van der Waals surface area contributed by atoms with E-state index in [0.29, 0.717) is 34.8 Å². The first-order valence-corrected chi connectivity index (χ1v) is 16.6. The number of hydrogen-bond acceptors (Lipinski definition) is 5. The Kier molecular flexibility index (Phi) is 11.6. The summed E-state index contributed by atoms with van der Waals surface area (Å²) in [6.07, 6.45) is 0.927. The lowest BCUT2D eigenvalue weighted by molar-refractivity contribution is -0.136. The smallest absolute Gasteiger partial charge is 0.409 e. The van der Waals surface area contributed by atoms with Crippen molar-refractivity contribution in [2.24, 2.45) is 17.6 Å². The van der Waals surface area contributed by atoms with Gasteiger partial charge in [0.25, 0.3) is 0 Å². The summed E-state index contributed by atoms with van der Waals surface area (Å²) in [5.41, 5.74) is 6.99. The Hall–Kier alpha value is -3.41. The molecule has 0 aliphatic heterocycles. The quantitative estimate of drug-likeness (QED) is 0.115. The molecule has 1 heterocycles. The molecule has 0 fully saturated rings. The molecule has 46 heavy (non-hydrogen) atoms. The zero-order valence-corrected chi connectivity index (χ0v) is 28.6. The molecule has 5 unspecified atom stereocenters. The van der Waals surface area contributed by atoms with Crippen molar-refractivity contribution in [2.45, 2.75) is 84.0 Å². The van der Waals surface area contributed by atoms with Gasteiger partial charge in [-0.2, -0.15) is 0 Å². The van der Waals surface area contributed by atoms with E-state index in [1.807, 2.05) is 27.7 Å². The maximum atomic E-state index is 14.3. The standard InChI is InChI=1S/C33H40Cl2FN5O4S/c1-5-17(3)27(30(37)46)40-32(44)45-33(12-11-25-22(16-33)21-14-20(34)15-23(35)29(21)38-25)41-31(43)28(18(4)6-2)39-26(42)13-19-9-7-8-10-24(19)36/h7-10,14-15,17-18,27-28,38H,5-6,11-13,16H2,1-4H3,(H2,37,46)(H,39,42)(H,40,44)(H,41,43). The van der Waals surface area contributed by atoms with Gasteiger partial charge in [0.1, 0.15) is 11.9 Å². The number of fused-ring (bicyclic) bond motifs is 3. The summed E-state index contributed by atoms with van der Waals surface area (Å²) in [6, 6.07) is 7.76. The molecule has 1 aromatic heterocycles. The van der Waals surface area contributed by atoms with Gasteiger partial charge in [0.15, 0.2) is 5.72 Å². The van der Waals surface area contributed by atoms with Crippen molar-refractivity contribution in [1.29, 1.82) is 0 Å². The number of aromatic amines is 1. The lowest BCUT2D eigenvalue weighted by Gasteiger charge is -2.39. The molecule has 5 atom stereocenters. The van der Waals surface area contributed by atoms with Gasteiger partial charge in [-0.1, -0.05) is 94.2 Å². The fraction of sp³-hybridized carbons (Fsp3) is 0.455. The first kappa shape index (κ1) is 35.4. The fourth-order valence-corrected chi connectivity index (χ4v) is 6.60. The maximum Gasteiger partial charge on any atom is 0.409 e. The summed E-state index contributed by atoms with van der Waals surface area (Å²) in [5.74, 6) is -1.94. The first-order valence-electron chi connectivity index (χ1n) is 15.4. The molecule has 248 valence electrons. The number of aromatic nitrogens is 1. The van der Waals surface area contributed by atoms with E-state index in [1.165, 1.54) is 12.1 Å². The molecule has 9 nitrogen and oxygen atoms in total. The average molecular weight is 693 g/mol. The Morgan fingerprint density at radius 2 is 1.76 bits per heavy atom. The molecule has 0 spiro atoms. The van der Waals surface area contributed by atoms with Crippen molar-refractivity contribution in [2.75, 3.05) is 0 Å². The molecular weight excluding hydrogens is 652 g/mol. The number of halogens is 3. The third-order valence-electron chi connectivity index (χ3n) is 8.81. The Morgan fingerprint density at radius 3 is 2.41 bits per heavy atom. The Labute approximate surface area is 283 Å². The van der Waals surface area contributed by atoms with Crippen LogP contribution in [0.15, 0.2) is 36.4 Å². The van der Waals surface area contributed by atoms with Crippen LogP contribution in [0.25, 0.3) is 10.9 Å². The van der Waals surface area contributed by atoms with Gasteiger partial charge >= 0.3 is 6.09 Å². The number of rotatable bonds is 12. The predicted molar refractivity (Wildman–Crippen MR) is 182 cm³/mol. The van der Waals surface area contributed by atoms with Crippen LogP contribution in [0, 0.1) is 17.7 Å². The number of benzene rings is 2. The molecule has 3 aromatic rings. The largest absolute Gasteiger partial charge is 0.423 e. The van der Waals surface area contributed by atoms with Gasteiger partial charge in [-0.15, -0.1) is 0 Å². The zero-order chi connectivity index (χ0) is 33.8. The minimum absolute atomic E-state index is 0.0640. The summed E-state index contributed by atoms with van der Waals surface area (Å²) in [4.78, 5) is 44.1. The lowest BCUT2D eigenvalue weighted by Crippen LogP contribution is -2.62. The van der Waals surface area contributed by atoms with Crippen molar-refractivity contribution in [3.8, 4) is 0 Å². The molecule has 4 rings (SSSR count). The van der Waals surface area contributed by atoms with E-state index in [1.54, 1.807) is 24.3 Å². The second kappa shape index (κ2) is 15.0. The van der Waals surface area contributed by atoms with E-state index in [4.69, 9.17) is 45.9 Å². The molecule has 0 saturated carbocycles. The van der Waals surface area contributed by atoms with E-state index in [-0.39, 0.29) is 41.7 Å². The van der Waals surface area contributed by atoms with Crippen LogP contribution in [0.1, 0.15) is 63.8 Å². The highest BCUT2D eigenvalue weighted by atomic mass is 35.5. The molecule has 0 radical (unpaired) electrons. The monoisotopic (exact) mass is 691 g/mol. The molecule has 6 N–H and O–H groups in total. The Bertz CT molecular complexity index is 1630. The zero-order valence-electron chi connectivity index (χ0n) is 26.3. The Balaban J connectivity index is 1.66. The number of nitrogens with one attached hydrogen (secondary N) is 4. The number of hydrogen-bond donors (Lipinski definition) is 5. The third kappa shape index (κ3) is 8.11. The predicted octanol–water partition coefficient (Wildman–Crippen LogP) is 6.12. The average Bonchev–Trinajstić information content (AvgIpc) is 3.36. The van der Waals surface area contributed by atoms with Crippen LogP contribution in [0.5, 0.6) is 0 Å². The summed E-state index contributed by atoms with van der Waals surface area (Å²) >= 11 is 18.1. The number of carbonyl (C=O) groups is 3. The summed E-state index contributed by atoms with van der Waals surface area (Å²) in [5, 5.41) is 10.1. The van der Waals surface area contributed by atoms with Crippen LogP contribution in [-0.2, 0) is 33.6 Å². The number of aryl methyl sites for hydroxylation is 1. The van der Waals surface area contributed by atoms with Gasteiger partial charge in [-0.3, -0.25) is 9.59 Å². The van der Waals surface area contributed by atoms with Gasteiger partial charge in [-0.05, 0) is 47.6 Å². The normalized spacial score (nSPS) is 18.5. The van der Waals surface area contributed by atoms with Crippen molar-refractivity contribution in [3.63, 3.8) is 0 Å². The third-order valence-corrected chi connectivity index (χ3v) is 9.58. The van der Waals surface area contributed by atoms with Gasteiger partial charge in [0.2, 0.25) is 11.8 Å². The number of thiocarbonyl (C=S) groups is 1. The molecule has 0 saturated heterocycles. The van der Waals surface area contributed by atoms with Crippen LogP contribution < -0.4 is 21.7 Å². The second-order valence-electron chi connectivity index (χ2n) is 12.1. The van der Waals surface area contributed by atoms with Gasteiger partial charge in [-0.25, -0.2) is 9.18 Å². The van der Waals surface area contributed by atoms with Crippen LogP contribution in [-0.4, -0.2) is 45.7 Å².